The number of benzene rings is 1. The van der Waals surface area contributed by atoms with Gasteiger partial charge in [-0.3, -0.25) is 9.59 Å². The topological polar surface area (TPSA) is 108 Å². The molecule has 8 nitrogen and oxygen atoms in total. The predicted octanol–water partition coefficient (Wildman–Crippen LogP) is 2.32. The third-order valence-electron chi connectivity index (χ3n) is 4.53. The molecule has 0 bridgehead atoms. The Kier molecular flexibility index (Phi) is 5.30. The van der Waals surface area contributed by atoms with Crippen molar-refractivity contribution in [3.05, 3.63) is 63.0 Å². The van der Waals surface area contributed by atoms with Gasteiger partial charge in [-0.1, -0.05) is 12.1 Å². The summed E-state index contributed by atoms with van der Waals surface area (Å²) in [6.45, 7) is 5.53. The van der Waals surface area contributed by atoms with Gasteiger partial charge in [0.2, 0.25) is 0 Å². The standard InChI is InChI=1S/C20H22N4O4/c1-5-28-20(27)17-11(2)16(12(3)21-17)19(26)24(4)10-15-22-14-9-7-6-8-13(14)18(25)23-15/h6-9,21H,5,10H2,1-4H3,(H,22,23,25). The number of amides is 1. The maximum atomic E-state index is 13.0. The van der Waals surface area contributed by atoms with Crippen molar-refractivity contribution in [2.75, 3.05) is 13.7 Å². The smallest absolute Gasteiger partial charge is 0.355 e. The number of hydrogen-bond donors (Lipinski definition) is 2. The van der Waals surface area contributed by atoms with Crippen LogP contribution in [-0.4, -0.2) is 45.4 Å². The molecule has 0 saturated carbocycles. The molecule has 1 aromatic carbocycles. The van der Waals surface area contributed by atoms with E-state index in [-0.39, 0.29) is 30.3 Å². The normalized spacial score (nSPS) is 10.9. The zero-order valence-corrected chi connectivity index (χ0v) is 16.3. The van der Waals surface area contributed by atoms with Crippen LogP contribution in [-0.2, 0) is 11.3 Å². The van der Waals surface area contributed by atoms with Crippen LogP contribution < -0.4 is 5.56 Å². The Bertz CT molecular complexity index is 1110. The van der Waals surface area contributed by atoms with Gasteiger partial charge < -0.3 is 19.6 Å². The molecule has 28 heavy (non-hydrogen) atoms. The number of carbonyl (C=O) groups excluding carboxylic acids is 2. The van der Waals surface area contributed by atoms with E-state index in [9.17, 15) is 14.4 Å². The summed E-state index contributed by atoms with van der Waals surface area (Å²) in [5.74, 6) is -0.390. The van der Waals surface area contributed by atoms with Crippen LogP contribution in [0, 0.1) is 13.8 Å². The van der Waals surface area contributed by atoms with Gasteiger partial charge in [0.25, 0.3) is 11.5 Å². The Morgan fingerprint density at radius 1 is 1.18 bits per heavy atom. The summed E-state index contributed by atoms with van der Waals surface area (Å²) in [5, 5.41) is 0.497. The van der Waals surface area contributed by atoms with E-state index in [4.69, 9.17) is 4.74 Å². The summed E-state index contributed by atoms with van der Waals surface area (Å²) in [5.41, 5.74) is 2.12. The van der Waals surface area contributed by atoms with Gasteiger partial charge in [-0.05, 0) is 38.5 Å². The van der Waals surface area contributed by atoms with Gasteiger partial charge in [0.1, 0.15) is 11.5 Å². The molecule has 0 fully saturated rings. The number of ether oxygens (including phenoxy) is 1. The van der Waals surface area contributed by atoms with Gasteiger partial charge in [-0.2, -0.15) is 0 Å². The molecule has 1 amide bonds. The van der Waals surface area contributed by atoms with Crippen LogP contribution in [0.1, 0.15) is 44.9 Å². The largest absolute Gasteiger partial charge is 0.461 e. The maximum Gasteiger partial charge on any atom is 0.355 e. The summed E-state index contributed by atoms with van der Waals surface area (Å²) in [7, 11) is 1.62. The van der Waals surface area contributed by atoms with Crippen LogP contribution in [0.15, 0.2) is 29.1 Å². The van der Waals surface area contributed by atoms with E-state index in [0.29, 0.717) is 33.5 Å². The zero-order chi connectivity index (χ0) is 20.4. The molecule has 2 heterocycles. The SMILES string of the molecule is CCOC(=O)c1[nH]c(C)c(C(=O)N(C)Cc2nc3ccccc3c(=O)[nH]2)c1C. The fraction of sp³-hybridized carbons (Fsp3) is 0.300. The first kappa shape index (κ1) is 19.3. The predicted molar refractivity (Wildman–Crippen MR) is 104 cm³/mol. The van der Waals surface area contributed by atoms with Crippen molar-refractivity contribution >= 4 is 22.8 Å². The second kappa shape index (κ2) is 7.67. The third kappa shape index (κ3) is 3.53. The lowest BCUT2D eigenvalue weighted by Crippen LogP contribution is -2.29. The fourth-order valence-electron chi connectivity index (χ4n) is 3.18. The summed E-state index contributed by atoms with van der Waals surface area (Å²) in [6.07, 6.45) is 0. The zero-order valence-electron chi connectivity index (χ0n) is 16.3. The number of rotatable bonds is 5. The van der Waals surface area contributed by atoms with Gasteiger partial charge >= 0.3 is 5.97 Å². The molecule has 0 aliphatic rings. The number of esters is 1. The number of nitrogens with zero attached hydrogens (tertiary/aromatic N) is 2. The maximum absolute atomic E-state index is 13.0. The highest BCUT2D eigenvalue weighted by molar-refractivity contribution is 6.01. The van der Waals surface area contributed by atoms with Crippen molar-refractivity contribution in [1.82, 2.24) is 19.9 Å². The van der Waals surface area contributed by atoms with Crippen molar-refractivity contribution in [2.45, 2.75) is 27.3 Å². The number of nitrogens with one attached hydrogen (secondary N) is 2. The Morgan fingerprint density at radius 3 is 2.61 bits per heavy atom. The second-order valence-corrected chi connectivity index (χ2v) is 6.54. The number of aromatic nitrogens is 3. The summed E-state index contributed by atoms with van der Waals surface area (Å²) in [6, 6.07) is 7.02. The Balaban J connectivity index is 1.88. The monoisotopic (exact) mass is 382 g/mol. The Morgan fingerprint density at radius 2 is 1.89 bits per heavy atom. The van der Waals surface area contributed by atoms with Crippen molar-refractivity contribution in [3.63, 3.8) is 0 Å². The first-order chi connectivity index (χ1) is 13.3. The summed E-state index contributed by atoms with van der Waals surface area (Å²) >= 11 is 0. The molecule has 8 heteroatoms. The number of hydrogen-bond acceptors (Lipinski definition) is 5. The average molecular weight is 382 g/mol. The van der Waals surface area contributed by atoms with E-state index in [0.717, 1.165) is 0 Å². The highest BCUT2D eigenvalue weighted by atomic mass is 16.5. The molecule has 3 aromatic rings. The molecule has 146 valence electrons. The number of H-pyrrole nitrogens is 2. The number of aryl methyl sites for hydroxylation is 1. The molecular formula is C20H22N4O4. The first-order valence-electron chi connectivity index (χ1n) is 8.93. The van der Waals surface area contributed by atoms with Crippen molar-refractivity contribution < 1.29 is 14.3 Å². The molecule has 0 spiro atoms. The molecule has 0 aliphatic carbocycles. The van der Waals surface area contributed by atoms with Crippen molar-refractivity contribution in [1.29, 1.82) is 0 Å². The lowest BCUT2D eigenvalue weighted by atomic mass is 10.1. The van der Waals surface area contributed by atoms with Crippen LogP contribution in [0.4, 0.5) is 0 Å². The highest BCUT2D eigenvalue weighted by Gasteiger charge is 2.25. The quantitative estimate of drug-likeness (QED) is 0.659. The van der Waals surface area contributed by atoms with Crippen LogP contribution >= 0.6 is 0 Å². The second-order valence-electron chi connectivity index (χ2n) is 6.54. The minimum Gasteiger partial charge on any atom is -0.461 e. The number of carbonyl (C=O) groups is 2. The van der Waals surface area contributed by atoms with Crippen molar-refractivity contribution in [2.24, 2.45) is 0 Å². The molecule has 2 N–H and O–H groups in total. The van der Waals surface area contributed by atoms with Crippen LogP contribution in [0.25, 0.3) is 10.9 Å². The summed E-state index contributed by atoms with van der Waals surface area (Å²) in [4.78, 5) is 48.8. The van der Waals surface area contributed by atoms with E-state index in [1.165, 1.54) is 4.90 Å². The Hall–Kier alpha value is -3.42. The molecule has 0 unspecified atom stereocenters. The van der Waals surface area contributed by atoms with E-state index in [1.807, 2.05) is 0 Å². The van der Waals surface area contributed by atoms with Gasteiger partial charge in [0, 0.05) is 12.7 Å². The molecule has 0 saturated heterocycles. The van der Waals surface area contributed by atoms with E-state index in [1.54, 1.807) is 52.1 Å². The van der Waals surface area contributed by atoms with Gasteiger partial charge in [0.05, 0.1) is 29.6 Å². The van der Waals surface area contributed by atoms with Crippen molar-refractivity contribution in [3.8, 4) is 0 Å². The van der Waals surface area contributed by atoms with Crippen LogP contribution in [0.3, 0.4) is 0 Å². The van der Waals surface area contributed by atoms with E-state index >= 15 is 0 Å². The molecule has 0 atom stereocenters. The van der Waals surface area contributed by atoms with Gasteiger partial charge in [0.15, 0.2) is 0 Å². The third-order valence-corrected chi connectivity index (χ3v) is 4.53. The van der Waals surface area contributed by atoms with E-state index < -0.39 is 5.97 Å². The first-order valence-corrected chi connectivity index (χ1v) is 8.93. The highest BCUT2D eigenvalue weighted by Crippen LogP contribution is 2.21. The average Bonchev–Trinajstić information content (AvgIpc) is 2.95. The molecule has 0 radical (unpaired) electrons. The molecule has 3 rings (SSSR count). The van der Waals surface area contributed by atoms with E-state index in [2.05, 4.69) is 15.0 Å². The van der Waals surface area contributed by atoms with Crippen LogP contribution in [0.2, 0.25) is 0 Å². The molecular weight excluding hydrogens is 360 g/mol. The molecule has 2 aromatic heterocycles. The lowest BCUT2D eigenvalue weighted by molar-refractivity contribution is 0.0519. The number of fused-ring (bicyclic) bond motifs is 1. The van der Waals surface area contributed by atoms with Gasteiger partial charge in [-0.15, -0.1) is 0 Å². The fourth-order valence-corrected chi connectivity index (χ4v) is 3.18. The number of aromatic amines is 2. The molecule has 0 aliphatic heterocycles. The lowest BCUT2D eigenvalue weighted by Gasteiger charge is -2.17. The van der Waals surface area contributed by atoms with Gasteiger partial charge in [-0.25, -0.2) is 9.78 Å². The minimum atomic E-state index is -0.495. The van der Waals surface area contributed by atoms with Crippen LogP contribution in [0.5, 0.6) is 0 Å². The minimum absolute atomic E-state index is 0.123. The number of para-hydroxylation sites is 1. The summed E-state index contributed by atoms with van der Waals surface area (Å²) < 4.78 is 5.02. The Labute approximate surface area is 161 Å².